The molecule has 0 bridgehead atoms. The molecular formula is C17H35NO4S. The van der Waals surface area contributed by atoms with Crippen LogP contribution in [-0.2, 0) is 19.4 Å². The van der Waals surface area contributed by atoms with Gasteiger partial charge in [0, 0.05) is 6.42 Å². The Labute approximate surface area is 142 Å². The minimum absolute atomic E-state index is 0.0890. The van der Waals surface area contributed by atoms with E-state index in [0.717, 1.165) is 38.5 Å². The van der Waals surface area contributed by atoms with E-state index in [2.05, 4.69) is 0 Å². The number of nitrogens with two attached hydrogens (primary N) is 1. The zero-order valence-electron chi connectivity index (χ0n) is 14.7. The van der Waals surface area contributed by atoms with Gasteiger partial charge in [0.1, 0.15) is 9.84 Å². The van der Waals surface area contributed by atoms with Crippen LogP contribution in [0, 0.1) is 0 Å². The molecule has 0 aliphatic heterocycles. The van der Waals surface area contributed by atoms with Crippen LogP contribution < -0.4 is 5.73 Å². The Kier molecular flexibility index (Phi) is 14.5. The molecule has 0 saturated heterocycles. The smallest absolute Gasteiger partial charge is 0.305 e. The minimum atomic E-state index is -2.88. The molecule has 0 rings (SSSR count). The molecule has 5 nitrogen and oxygen atoms in total. The molecular weight excluding hydrogens is 314 g/mol. The number of unbranched alkanes of at least 4 members (excludes halogenated alkanes) is 8. The van der Waals surface area contributed by atoms with Gasteiger partial charge in [0.15, 0.2) is 0 Å². The summed E-state index contributed by atoms with van der Waals surface area (Å²) in [5.74, 6) is 0.449. The number of rotatable bonds is 16. The zero-order valence-corrected chi connectivity index (χ0v) is 15.5. The molecule has 0 unspecified atom stereocenters. The maximum absolute atomic E-state index is 11.6. The second kappa shape index (κ2) is 14.9. The van der Waals surface area contributed by atoms with E-state index < -0.39 is 9.84 Å². The number of ether oxygens (including phenoxy) is 1. The summed E-state index contributed by atoms with van der Waals surface area (Å²) in [5.41, 5.74) is 5.33. The van der Waals surface area contributed by atoms with Crippen molar-refractivity contribution in [3.63, 3.8) is 0 Å². The number of carbonyl (C=O) groups is 1. The third kappa shape index (κ3) is 16.0. The van der Waals surface area contributed by atoms with Crippen molar-refractivity contribution in [2.45, 2.75) is 77.6 Å². The first-order chi connectivity index (χ1) is 11.0. The Morgan fingerprint density at radius 3 is 1.83 bits per heavy atom. The van der Waals surface area contributed by atoms with Crippen LogP contribution >= 0.6 is 0 Å². The highest BCUT2D eigenvalue weighted by Gasteiger charge is 2.09. The summed E-state index contributed by atoms with van der Waals surface area (Å²) < 4.78 is 28.1. The molecule has 0 aliphatic rings. The highest BCUT2D eigenvalue weighted by Crippen LogP contribution is 2.11. The highest BCUT2D eigenvalue weighted by atomic mass is 32.2. The molecule has 0 heterocycles. The van der Waals surface area contributed by atoms with Crippen LogP contribution in [0.4, 0.5) is 0 Å². The maximum Gasteiger partial charge on any atom is 0.305 e. The van der Waals surface area contributed by atoms with Crippen molar-refractivity contribution in [3.05, 3.63) is 0 Å². The first-order valence-electron chi connectivity index (χ1n) is 9.08. The molecule has 0 aromatic rings. The van der Waals surface area contributed by atoms with Crippen molar-refractivity contribution in [1.29, 1.82) is 0 Å². The van der Waals surface area contributed by atoms with Crippen molar-refractivity contribution in [3.8, 4) is 0 Å². The van der Waals surface area contributed by atoms with Gasteiger partial charge in [-0.25, -0.2) is 8.42 Å². The van der Waals surface area contributed by atoms with E-state index in [9.17, 15) is 13.2 Å². The Hall–Kier alpha value is -0.620. The SMILES string of the molecule is CCOC(=O)CCCCCCCCCCCS(=O)(=O)CCCN. The molecule has 23 heavy (non-hydrogen) atoms. The van der Waals surface area contributed by atoms with Crippen LogP contribution in [0.5, 0.6) is 0 Å². The molecule has 138 valence electrons. The average molecular weight is 350 g/mol. The van der Waals surface area contributed by atoms with Gasteiger partial charge in [-0.05, 0) is 32.7 Å². The minimum Gasteiger partial charge on any atom is -0.466 e. The molecule has 0 aliphatic carbocycles. The van der Waals surface area contributed by atoms with E-state index in [1.54, 1.807) is 0 Å². The van der Waals surface area contributed by atoms with Crippen LogP contribution in [0.3, 0.4) is 0 Å². The molecule has 0 fully saturated rings. The molecule has 0 spiro atoms. The van der Waals surface area contributed by atoms with Gasteiger partial charge in [-0.1, -0.05) is 44.9 Å². The Morgan fingerprint density at radius 1 is 0.826 bits per heavy atom. The summed E-state index contributed by atoms with van der Waals surface area (Å²) in [6.07, 6.45) is 10.7. The average Bonchev–Trinajstić information content (AvgIpc) is 2.51. The van der Waals surface area contributed by atoms with Crippen molar-refractivity contribution in [2.75, 3.05) is 24.7 Å². The van der Waals surface area contributed by atoms with Gasteiger partial charge in [-0.15, -0.1) is 0 Å². The van der Waals surface area contributed by atoms with Crippen LogP contribution in [0.15, 0.2) is 0 Å². The molecule has 0 aromatic carbocycles. The normalized spacial score (nSPS) is 11.6. The zero-order chi connectivity index (χ0) is 17.4. The van der Waals surface area contributed by atoms with Gasteiger partial charge < -0.3 is 10.5 Å². The molecule has 0 aromatic heterocycles. The molecule has 0 amide bonds. The monoisotopic (exact) mass is 349 g/mol. The second-order valence-electron chi connectivity index (χ2n) is 6.03. The van der Waals surface area contributed by atoms with E-state index >= 15 is 0 Å². The van der Waals surface area contributed by atoms with Crippen LogP contribution in [0.2, 0.25) is 0 Å². The van der Waals surface area contributed by atoms with E-state index in [0.29, 0.717) is 31.7 Å². The third-order valence-corrected chi connectivity index (χ3v) is 5.62. The molecule has 6 heteroatoms. The summed E-state index contributed by atoms with van der Waals surface area (Å²) >= 11 is 0. The third-order valence-electron chi connectivity index (χ3n) is 3.80. The number of esters is 1. The number of hydrogen-bond acceptors (Lipinski definition) is 5. The van der Waals surface area contributed by atoms with Gasteiger partial charge in [-0.2, -0.15) is 0 Å². The van der Waals surface area contributed by atoms with Crippen LogP contribution in [0.1, 0.15) is 77.6 Å². The fourth-order valence-corrected chi connectivity index (χ4v) is 3.92. The van der Waals surface area contributed by atoms with Crippen molar-refractivity contribution in [2.24, 2.45) is 5.73 Å². The fourth-order valence-electron chi connectivity index (χ4n) is 2.47. The first kappa shape index (κ1) is 22.4. The Morgan fingerprint density at radius 2 is 1.30 bits per heavy atom. The molecule has 2 N–H and O–H groups in total. The lowest BCUT2D eigenvalue weighted by Gasteiger charge is -2.04. The lowest BCUT2D eigenvalue weighted by atomic mass is 10.1. The largest absolute Gasteiger partial charge is 0.466 e. The quantitative estimate of drug-likeness (QED) is 0.341. The molecule has 0 atom stereocenters. The summed E-state index contributed by atoms with van der Waals surface area (Å²) in [7, 11) is -2.88. The lowest BCUT2D eigenvalue weighted by molar-refractivity contribution is -0.143. The van der Waals surface area contributed by atoms with Gasteiger partial charge in [0.25, 0.3) is 0 Å². The fraction of sp³-hybridized carbons (Fsp3) is 0.941. The predicted octanol–water partition coefficient (Wildman–Crippen LogP) is 3.21. The van der Waals surface area contributed by atoms with E-state index in [1.165, 1.54) is 19.3 Å². The highest BCUT2D eigenvalue weighted by molar-refractivity contribution is 7.91. The van der Waals surface area contributed by atoms with Gasteiger partial charge in [-0.3, -0.25) is 4.79 Å². The van der Waals surface area contributed by atoms with E-state index in [1.807, 2.05) is 6.92 Å². The number of hydrogen-bond donors (Lipinski definition) is 1. The van der Waals surface area contributed by atoms with Gasteiger partial charge in [0.2, 0.25) is 0 Å². The topological polar surface area (TPSA) is 86.5 Å². The summed E-state index contributed by atoms with van der Waals surface area (Å²) in [4.78, 5) is 11.1. The van der Waals surface area contributed by atoms with Gasteiger partial charge in [0.05, 0.1) is 18.1 Å². The van der Waals surface area contributed by atoms with Crippen molar-refractivity contribution in [1.82, 2.24) is 0 Å². The van der Waals surface area contributed by atoms with E-state index in [4.69, 9.17) is 10.5 Å². The predicted molar refractivity (Wildman–Crippen MR) is 95.1 cm³/mol. The van der Waals surface area contributed by atoms with Crippen molar-refractivity contribution >= 4 is 15.8 Å². The Bertz CT molecular complexity index is 382. The second-order valence-corrected chi connectivity index (χ2v) is 8.33. The summed E-state index contributed by atoms with van der Waals surface area (Å²) in [6, 6.07) is 0. The van der Waals surface area contributed by atoms with Crippen LogP contribution in [-0.4, -0.2) is 39.0 Å². The van der Waals surface area contributed by atoms with Gasteiger partial charge >= 0.3 is 5.97 Å². The first-order valence-corrected chi connectivity index (χ1v) is 10.9. The van der Waals surface area contributed by atoms with Crippen LogP contribution in [0.25, 0.3) is 0 Å². The lowest BCUT2D eigenvalue weighted by Crippen LogP contribution is -2.14. The number of carbonyl (C=O) groups excluding carboxylic acids is 1. The summed E-state index contributed by atoms with van der Waals surface area (Å²) in [6.45, 7) is 2.74. The maximum atomic E-state index is 11.6. The van der Waals surface area contributed by atoms with E-state index in [-0.39, 0.29) is 11.7 Å². The number of sulfone groups is 1. The molecule has 0 saturated carbocycles. The molecule has 0 radical (unpaired) electrons. The summed E-state index contributed by atoms with van der Waals surface area (Å²) in [5, 5.41) is 0. The Balaban J connectivity index is 3.29. The van der Waals surface area contributed by atoms with Crippen molar-refractivity contribution < 1.29 is 17.9 Å². The standard InChI is InChI=1S/C17H35NO4S/c1-2-22-17(19)13-10-8-6-4-3-5-7-9-11-15-23(20,21)16-12-14-18/h2-16,18H2,1H3.